The van der Waals surface area contributed by atoms with Gasteiger partial charge in [0.2, 0.25) is 0 Å². The standard InChI is InChI=1S/C15H18FN2O.C15H18O3.C13H18O2.Y/c1-2-7-18-8-5-11(6-9-18)15-13-4-3-12(16)10-14(13)19-17-15;1-5-10-9-17-13-8-11(18-15(2,3)4)6-7-12(13)14(10)16;1-9-6-7-11(10(2)14)8-12(9)15-13(3,4)5;/h3-4,10-11H,1-2,5-9H2;6-9H,5H2,1-4H3;6-8H,1-5H3;/q-1;;;. The van der Waals surface area contributed by atoms with Gasteiger partial charge in [0.05, 0.1) is 17.3 Å². The first kappa shape index (κ1) is 44.0. The van der Waals surface area contributed by atoms with Gasteiger partial charge in [-0.15, -0.1) is 0 Å². The fraction of sp³-hybridized carbons (Fsp3) is 0.442. The number of fused-ring (bicyclic) bond motifs is 2. The van der Waals surface area contributed by atoms with E-state index in [0.29, 0.717) is 45.8 Å². The monoisotopic (exact) mass is 802 g/mol. The summed E-state index contributed by atoms with van der Waals surface area (Å²) in [6.45, 7) is 24.5. The zero-order chi connectivity index (χ0) is 38.2. The molecule has 1 aliphatic heterocycles. The zero-order valence-corrected chi connectivity index (χ0v) is 35.6. The van der Waals surface area contributed by atoms with Gasteiger partial charge in [0.25, 0.3) is 0 Å². The maximum atomic E-state index is 13.1. The molecule has 8 nitrogen and oxygen atoms in total. The Labute approximate surface area is 338 Å². The number of aryl methyl sites for hydroxylation is 2. The van der Waals surface area contributed by atoms with Crippen LogP contribution in [-0.2, 0) is 39.1 Å². The Kier molecular flexibility index (Phi) is 16.0. The second-order valence-electron chi connectivity index (χ2n) is 15.2. The zero-order valence-electron chi connectivity index (χ0n) is 32.8. The smallest absolute Gasteiger partial charge is 0.195 e. The SMILES string of the molecule is CC(=O)c1ccc(C)c(OC(C)(C)C)c1.CCc1coc2cc(OC(C)(C)C)ccc2c1=O.[CH2-]CCN1CCC(c2noc3cc(F)ccc23)CC1.[Y]. The van der Waals surface area contributed by atoms with Crippen molar-refractivity contribution in [1.29, 1.82) is 0 Å². The number of likely N-dealkylation sites (tertiary alicyclic amines) is 1. The van der Waals surface area contributed by atoms with Crippen molar-refractivity contribution in [2.24, 2.45) is 0 Å². The Morgan fingerprint density at radius 1 is 0.943 bits per heavy atom. The van der Waals surface area contributed by atoms with Crippen molar-refractivity contribution < 1.29 is 60.3 Å². The molecule has 0 aliphatic carbocycles. The number of carbonyl (C=O) groups excluding carboxylic acids is 1. The number of halogens is 1. The summed E-state index contributed by atoms with van der Waals surface area (Å²) < 4.78 is 35.4. The summed E-state index contributed by atoms with van der Waals surface area (Å²) in [6, 6.07) is 15.5. The van der Waals surface area contributed by atoms with Crippen LogP contribution in [0.15, 0.2) is 74.6 Å². The van der Waals surface area contributed by atoms with Crippen LogP contribution in [0.1, 0.15) is 108 Å². The van der Waals surface area contributed by atoms with Crippen molar-refractivity contribution in [3.63, 3.8) is 0 Å². The minimum Gasteiger partial charge on any atom is -0.488 e. The van der Waals surface area contributed by atoms with E-state index in [-0.39, 0.29) is 60.9 Å². The molecule has 1 aliphatic rings. The van der Waals surface area contributed by atoms with Gasteiger partial charge >= 0.3 is 0 Å². The van der Waals surface area contributed by atoms with E-state index in [1.165, 1.54) is 18.4 Å². The summed E-state index contributed by atoms with van der Waals surface area (Å²) in [4.78, 5) is 25.7. The fourth-order valence-corrected chi connectivity index (χ4v) is 5.95. The van der Waals surface area contributed by atoms with Gasteiger partial charge in [-0.1, -0.05) is 24.2 Å². The third-order valence-electron chi connectivity index (χ3n) is 8.54. The first-order chi connectivity index (χ1) is 24.5. The maximum absolute atomic E-state index is 13.1. The molecule has 1 fully saturated rings. The van der Waals surface area contributed by atoms with Gasteiger partial charge in [0.15, 0.2) is 16.8 Å². The molecule has 5 aromatic rings. The van der Waals surface area contributed by atoms with Crippen molar-refractivity contribution in [1.82, 2.24) is 10.1 Å². The van der Waals surface area contributed by atoms with Crippen LogP contribution in [0, 0.1) is 19.7 Å². The van der Waals surface area contributed by atoms with Gasteiger partial charge in [0.1, 0.15) is 34.1 Å². The van der Waals surface area contributed by atoms with E-state index in [1.807, 2.05) is 79.7 Å². The van der Waals surface area contributed by atoms with Crippen LogP contribution >= 0.6 is 0 Å². The minimum absolute atomic E-state index is 0. The van der Waals surface area contributed by atoms with Crippen LogP contribution in [0.3, 0.4) is 0 Å². The van der Waals surface area contributed by atoms with Crippen molar-refractivity contribution >= 4 is 27.7 Å². The maximum Gasteiger partial charge on any atom is 0.195 e. The Morgan fingerprint density at radius 2 is 1.60 bits per heavy atom. The third kappa shape index (κ3) is 12.9. The predicted octanol–water partition coefficient (Wildman–Crippen LogP) is 10.3. The Morgan fingerprint density at radius 3 is 2.21 bits per heavy atom. The van der Waals surface area contributed by atoms with Crippen LogP contribution in [-0.4, -0.2) is 46.7 Å². The van der Waals surface area contributed by atoms with E-state index in [0.717, 1.165) is 61.3 Å². The Hall–Kier alpha value is -3.40. The molecule has 0 atom stereocenters. The van der Waals surface area contributed by atoms with Crippen LogP contribution in [0.25, 0.3) is 21.9 Å². The second kappa shape index (κ2) is 19.3. The molecule has 0 saturated carbocycles. The number of nitrogens with zero attached hydrogens (tertiary/aromatic N) is 2. The molecule has 6 rings (SSSR count). The molecule has 53 heavy (non-hydrogen) atoms. The molecule has 0 unspecified atom stereocenters. The number of carbonyl (C=O) groups is 1. The molecule has 3 aromatic carbocycles. The van der Waals surface area contributed by atoms with Gasteiger partial charge in [-0.2, -0.15) is 6.42 Å². The molecule has 0 amide bonds. The largest absolute Gasteiger partial charge is 0.488 e. The van der Waals surface area contributed by atoms with Crippen LogP contribution in [0.4, 0.5) is 4.39 Å². The molecule has 2 aromatic heterocycles. The van der Waals surface area contributed by atoms with Crippen molar-refractivity contribution in [3.05, 3.63) is 106 Å². The fourth-order valence-electron chi connectivity index (χ4n) is 5.95. The summed E-state index contributed by atoms with van der Waals surface area (Å²) in [5.74, 6) is 1.71. The third-order valence-corrected chi connectivity index (χ3v) is 8.54. The van der Waals surface area contributed by atoms with Crippen molar-refractivity contribution in [3.8, 4) is 11.5 Å². The second-order valence-corrected chi connectivity index (χ2v) is 15.2. The normalized spacial score (nSPS) is 13.7. The van der Waals surface area contributed by atoms with E-state index in [1.54, 1.807) is 25.1 Å². The number of ketones is 1. The number of Topliss-reactive ketones (excluding diaryl/α,β-unsaturated/α-hetero) is 1. The molecule has 10 heteroatoms. The molecular weight excluding hydrogens is 748 g/mol. The molecule has 0 N–H and O–H groups in total. The number of aromatic nitrogens is 1. The van der Waals surface area contributed by atoms with Gasteiger partial charge in [-0.25, -0.2) is 4.39 Å². The number of rotatable bonds is 7. The first-order valence-corrected chi connectivity index (χ1v) is 18.1. The van der Waals surface area contributed by atoms with Gasteiger partial charge < -0.3 is 30.2 Å². The summed E-state index contributed by atoms with van der Waals surface area (Å²) in [5, 5.41) is 5.72. The van der Waals surface area contributed by atoms with Crippen LogP contribution < -0.4 is 14.9 Å². The minimum atomic E-state index is -0.277. The molecule has 3 heterocycles. The van der Waals surface area contributed by atoms with Gasteiger partial charge in [-0.05, 0) is 130 Å². The van der Waals surface area contributed by atoms with E-state index in [2.05, 4.69) is 17.0 Å². The van der Waals surface area contributed by atoms with Crippen LogP contribution in [0.5, 0.6) is 11.5 Å². The molecule has 0 spiro atoms. The number of ether oxygens (including phenoxy) is 2. The number of benzene rings is 3. The predicted molar refractivity (Wildman–Crippen MR) is 206 cm³/mol. The molecule has 283 valence electrons. The summed E-state index contributed by atoms with van der Waals surface area (Å²) in [6.07, 6.45) is 5.33. The molecule has 1 radical (unpaired) electrons. The number of piperidine rings is 1. The van der Waals surface area contributed by atoms with E-state index in [9.17, 15) is 14.0 Å². The summed E-state index contributed by atoms with van der Waals surface area (Å²) >= 11 is 0. The molecule has 0 bridgehead atoms. The van der Waals surface area contributed by atoms with Crippen molar-refractivity contribution in [2.75, 3.05) is 19.6 Å². The Bertz CT molecular complexity index is 2020. The summed E-state index contributed by atoms with van der Waals surface area (Å²) in [7, 11) is 0. The van der Waals surface area contributed by atoms with Crippen molar-refractivity contribution in [2.45, 2.75) is 105 Å². The first-order valence-electron chi connectivity index (χ1n) is 18.1. The molecule has 1 saturated heterocycles. The average molecular weight is 803 g/mol. The molecular formula is C43H54FN2O6Y-. The van der Waals surface area contributed by atoms with E-state index >= 15 is 0 Å². The van der Waals surface area contributed by atoms with Crippen LogP contribution in [0.2, 0.25) is 0 Å². The Balaban J connectivity index is 0.000000214. The quantitative estimate of drug-likeness (QED) is 0.119. The summed E-state index contributed by atoms with van der Waals surface area (Å²) in [5.41, 5.74) is 4.10. The van der Waals surface area contributed by atoms with E-state index in [4.69, 9.17) is 18.4 Å². The number of hydrogen-bond donors (Lipinski definition) is 0. The van der Waals surface area contributed by atoms with E-state index < -0.39 is 0 Å². The van der Waals surface area contributed by atoms with Gasteiger partial charge in [-0.3, -0.25) is 9.59 Å². The topological polar surface area (TPSA) is 95.0 Å². The number of hydrogen-bond acceptors (Lipinski definition) is 8. The van der Waals surface area contributed by atoms with Gasteiger partial charge in [0, 0.05) is 67.3 Å². The average Bonchev–Trinajstić information content (AvgIpc) is 3.49.